The van der Waals surface area contributed by atoms with E-state index in [0.29, 0.717) is 11.1 Å². The molecule has 2 rings (SSSR count). The summed E-state index contributed by atoms with van der Waals surface area (Å²) >= 11 is 5.99. The molecule has 1 saturated heterocycles. The predicted octanol–water partition coefficient (Wildman–Crippen LogP) is 2.10. The summed E-state index contributed by atoms with van der Waals surface area (Å²) in [6.07, 6.45) is 2.29. The minimum Gasteiger partial charge on any atom is -0.496 e. The van der Waals surface area contributed by atoms with Crippen LogP contribution < -0.4 is 15.8 Å². The maximum atomic E-state index is 6.24. The van der Waals surface area contributed by atoms with Gasteiger partial charge in [0.25, 0.3) is 0 Å². The van der Waals surface area contributed by atoms with Crippen molar-refractivity contribution in [2.24, 2.45) is 5.73 Å². The SMILES string of the molecule is COc1ccc(Cl)cc1C(N)C1CCCN1. The molecule has 16 heavy (non-hydrogen) atoms. The van der Waals surface area contributed by atoms with Gasteiger partial charge in [-0.2, -0.15) is 0 Å². The van der Waals surface area contributed by atoms with Crippen molar-refractivity contribution in [2.75, 3.05) is 13.7 Å². The van der Waals surface area contributed by atoms with Crippen LogP contribution in [0.25, 0.3) is 0 Å². The molecule has 1 aliphatic rings. The topological polar surface area (TPSA) is 47.3 Å². The zero-order valence-corrected chi connectivity index (χ0v) is 10.1. The number of methoxy groups -OCH3 is 1. The highest BCUT2D eigenvalue weighted by molar-refractivity contribution is 6.30. The van der Waals surface area contributed by atoms with Crippen molar-refractivity contribution in [2.45, 2.75) is 24.9 Å². The van der Waals surface area contributed by atoms with Crippen LogP contribution in [0, 0.1) is 0 Å². The number of halogens is 1. The Hall–Kier alpha value is -0.770. The minimum atomic E-state index is -0.0591. The highest BCUT2D eigenvalue weighted by atomic mass is 35.5. The van der Waals surface area contributed by atoms with Gasteiger partial charge in [-0.1, -0.05) is 11.6 Å². The molecule has 1 aromatic rings. The van der Waals surface area contributed by atoms with Crippen molar-refractivity contribution < 1.29 is 4.74 Å². The van der Waals surface area contributed by atoms with E-state index in [9.17, 15) is 0 Å². The molecule has 1 heterocycles. The predicted molar refractivity (Wildman–Crippen MR) is 66.0 cm³/mol. The third kappa shape index (κ3) is 2.32. The van der Waals surface area contributed by atoms with E-state index in [1.54, 1.807) is 7.11 Å². The van der Waals surface area contributed by atoms with E-state index in [2.05, 4.69) is 5.32 Å². The van der Waals surface area contributed by atoms with E-state index in [1.165, 1.54) is 6.42 Å². The Bertz CT molecular complexity index is 364. The third-order valence-electron chi connectivity index (χ3n) is 3.08. The quantitative estimate of drug-likeness (QED) is 0.851. The summed E-state index contributed by atoms with van der Waals surface area (Å²) < 4.78 is 5.31. The van der Waals surface area contributed by atoms with Crippen molar-refractivity contribution in [1.82, 2.24) is 5.32 Å². The van der Waals surface area contributed by atoms with E-state index < -0.39 is 0 Å². The summed E-state index contributed by atoms with van der Waals surface area (Å²) in [4.78, 5) is 0. The monoisotopic (exact) mass is 240 g/mol. The Morgan fingerprint density at radius 1 is 1.56 bits per heavy atom. The molecule has 1 fully saturated rings. The van der Waals surface area contributed by atoms with Crippen LogP contribution in [-0.4, -0.2) is 19.7 Å². The number of ether oxygens (including phenoxy) is 1. The van der Waals surface area contributed by atoms with E-state index >= 15 is 0 Å². The van der Waals surface area contributed by atoms with Gasteiger partial charge in [0.2, 0.25) is 0 Å². The van der Waals surface area contributed by atoms with Crippen LogP contribution in [0.4, 0.5) is 0 Å². The number of hydrogen-bond acceptors (Lipinski definition) is 3. The summed E-state index contributed by atoms with van der Waals surface area (Å²) in [6.45, 7) is 1.04. The summed E-state index contributed by atoms with van der Waals surface area (Å²) in [7, 11) is 1.65. The molecule has 0 saturated carbocycles. The molecule has 3 N–H and O–H groups in total. The third-order valence-corrected chi connectivity index (χ3v) is 3.32. The van der Waals surface area contributed by atoms with Gasteiger partial charge in [0.15, 0.2) is 0 Å². The van der Waals surface area contributed by atoms with Gasteiger partial charge in [-0.25, -0.2) is 0 Å². The fourth-order valence-corrected chi connectivity index (χ4v) is 2.38. The average molecular weight is 241 g/mol. The molecule has 1 aromatic carbocycles. The molecule has 88 valence electrons. The Kier molecular flexibility index (Phi) is 3.69. The van der Waals surface area contributed by atoms with E-state index in [-0.39, 0.29) is 6.04 Å². The Morgan fingerprint density at radius 3 is 3.00 bits per heavy atom. The highest BCUT2D eigenvalue weighted by Gasteiger charge is 2.25. The first-order chi connectivity index (χ1) is 7.72. The largest absolute Gasteiger partial charge is 0.496 e. The summed E-state index contributed by atoms with van der Waals surface area (Å²) in [5, 5.41) is 4.10. The Balaban J connectivity index is 2.26. The van der Waals surface area contributed by atoms with Gasteiger partial charge in [0.1, 0.15) is 5.75 Å². The average Bonchev–Trinajstić information content (AvgIpc) is 2.81. The van der Waals surface area contributed by atoms with Gasteiger partial charge in [-0.05, 0) is 37.6 Å². The number of hydrogen-bond donors (Lipinski definition) is 2. The van der Waals surface area contributed by atoms with Crippen LogP contribution in [0.5, 0.6) is 5.75 Å². The van der Waals surface area contributed by atoms with Gasteiger partial charge in [0.05, 0.1) is 7.11 Å². The van der Waals surface area contributed by atoms with Crippen LogP contribution >= 0.6 is 11.6 Å². The second-order valence-corrected chi connectivity index (χ2v) is 4.55. The van der Waals surface area contributed by atoms with Gasteiger partial charge >= 0.3 is 0 Å². The lowest BCUT2D eigenvalue weighted by atomic mass is 9.98. The number of benzene rings is 1. The molecule has 3 nitrogen and oxygen atoms in total. The summed E-state index contributed by atoms with van der Waals surface area (Å²) in [5.74, 6) is 0.811. The van der Waals surface area contributed by atoms with E-state index in [4.69, 9.17) is 22.1 Å². The minimum absolute atomic E-state index is 0.0591. The number of nitrogens with two attached hydrogens (primary N) is 1. The van der Waals surface area contributed by atoms with Crippen molar-refractivity contribution >= 4 is 11.6 Å². The molecule has 2 unspecified atom stereocenters. The number of nitrogens with one attached hydrogen (secondary N) is 1. The first-order valence-corrected chi connectivity index (χ1v) is 5.92. The lowest BCUT2D eigenvalue weighted by molar-refractivity contribution is 0.396. The molecule has 0 amide bonds. The molecule has 0 radical (unpaired) electrons. The molecule has 2 atom stereocenters. The van der Waals surface area contributed by atoms with E-state index in [1.807, 2.05) is 18.2 Å². The van der Waals surface area contributed by atoms with Crippen LogP contribution in [0.3, 0.4) is 0 Å². The van der Waals surface area contributed by atoms with Crippen LogP contribution in [-0.2, 0) is 0 Å². The van der Waals surface area contributed by atoms with Crippen LogP contribution in [0.2, 0.25) is 5.02 Å². The first-order valence-electron chi connectivity index (χ1n) is 5.55. The fourth-order valence-electron chi connectivity index (χ4n) is 2.20. The molecule has 0 aromatic heterocycles. The molecular weight excluding hydrogens is 224 g/mol. The molecule has 0 bridgehead atoms. The second kappa shape index (κ2) is 5.04. The van der Waals surface area contributed by atoms with Crippen molar-refractivity contribution in [1.29, 1.82) is 0 Å². The molecule has 0 aliphatic carbocycles. The number of rotatable bonds is 3. The van der Waals surface area contributed by atoms with E-state index in [0.717, 1.165) is 24.3 Å². The zero-order chi connectivity index (χ0) is 11.5. The first kappa shape index (κ1) is 11.7. The Morgan fingerprint density at radius 2 is 2.38 bits per heavy atom. The summed E-state index contributed by atoms with van der Waals surface area (Å²) in [5.41, 5.74) is 7.23. The summed E-state index contributed by atoms with van der Waals surface area (Å²) in [6, 6.07) is 5.85. The second-order valence-electron chi connectivity index (χ2n) is 4.11. The maximum absolute atomic E-state index is 6.24. The Labute approximate surface area is 101 Å². The maximum Gasteiger partial charge on any atom is 0.123 e. The van der Waals surface area contributed by atoms with Crippen LogP contribution in [0.1, 0.15) is 24.4 Å². The normalized spacial score (nSPS) is 22.1. The fraction of sp³-hybridized carbons (Fsp3) is 0.500. The lowest BCUT2D eigenvalue weighted by Crippen LogP contribution is -2.34. The van der Waals surface area contributed by atoms with Crippen LogP contribution in [0.15, 0.2) is 18.2 Å². The van der Waals surface area contributed by atoms with Gasteiger partial charge < -0.3 is 15.8 Å². The highest BCUT2D eigenvalue weighted by Crippen LogP contribution is 2.30. The van der Waals surface area contributed by atoms with Gasteiger partial charge in [-0.3, -0.25) is 0 Å². The standard InChI is InChI=1S/C12H17ClN2O/c1-16-11-5-4-8(13)7-9(11)12(14)10-3-2-6-15-10/h4-5,7,10,12,15H,2-3,6,14H2,1H3. The zero-order valence-electron chi connectivity index (χ0n) is 9.37. The molecule has 1 aliphatic heterocycles. The van der Waals surface area contributed by atoms with Crippen molar-refractivity contribution in [3.8, 4) is 5.75 Å². The van der Waals surface area contributed by atoms with Gasteiger partial charge in [-0.15, -0.1) is 0 Å². The molecule has 0 spiro atoms. The van der Waals surface area contributed by atoms with Crippen molar-refractivity contribution in [3.05, 3.63) is 28.8 Å². The molecule has 4 heteroatoms. The molecular formula is C12H17ClN2O. The smallest absolute Gasteiger partial charge is 0.123 e. The van der Waals surface area contributed by atoms with Gasteiger partial charge in [0, 0.05) is 22.7 Å². The lowest BCUT2D eigenvalue weighted by Gasteiger charge is -2.22. The van der Waals surface area contributed by atoms with Crippen molar-refractivity contribution in [3.63, 3.8) is 0 Å².